The van der Waals surface area contributed by atoms with Gasteiger partial charge in [0.15, 0.2) is 0 Å². The molecule has 0 saturated heterocycles. The molecule has 19 heavy (non-hydrogen) atoms. The minimum absolute atomic E-state index is 0.260. The summed E-state index contributed by atoms with van der Waals surface area (Å²) >= 11 is 0.505. The highest BCUT2D eigenvalue weighted by atomic mass is 33.1. The van der Waals surface area contributed by atoms with Gasteiger partial charge in [0.1, 0.15) is 11.1 Å². The maximum Gasteiger partial charge on any atom is 0.255 e. The standard InChI is InChI=1S/C14H14O3S2/c1-12-7-9-14(10-8-12)19(15,16)18-17-11-13-5-3-2-4-6-13/h2-10H,11H2,1H3. The van der Waals surface area contributed by atoms with Gasteiger partial charge in [0.25, 0.3) is 8.87 Å². The van der Waals surface area contributed by atoms with Crippen LogP contribution < -0.4 is 0 Å². The summed E-state index contributed by atoms with van der Waals surface area (Å²) in [5.74, 6) is 0. The van der Waals surface area contributed by atoms with Crippen molar-refractivity contribution >= 4 is 19.9 Å². The molecule has 0 spiro atoms. The second-order valence-electron chi connectivity index (χ2n) is 4.08. The zero-order chi connectivity index (χ0) is 13.7. The summed E-state index contributed by atoms with van der Waals surface area (Å²) in [7, 11) is -3.45. The lowest BCUT2D eigenvalue weighted by molar-refractivity contribution is 0.368. The van der Waals surface area contributed by atoms with Gasteiger partial charge in [-0.15, -0.1) is 0 Å². The van der Waals surface area contributed by atoms with Gasteiger partial charge in [-0.05, 0) is 24.6 Å². The zero-order valence-electron chi connectivity index (χ0n) is 10.4. The number of hydrogen-bond donors (Lipinski definition) is 0. The third-order valence-electron chi connectivity index (χ3n) is 2.52. The van der Waals surface area contributed by atoms with Crippen LogP contribution in [-0.2, 0) is 19.7 Å². The number of benzene rings is 2. The van der Waals surface area contributed by atoms with Gasteiger partial charge in [-0.2, -0.15) is 0 Å². The Balaban J connectivity index is 1.97. The SMILES string of the molecule is Cc1ccc(S(=O)(=O)SOCc2ccccc2)cc1. The van der Waals surface area contributed by atoms with E-state index in [-0.39, 0.29) is 11.5 Å². The maximum atomic E-state index is 12.0. The highest BCUT2D eigenvalue weighted by molar-refractivity contribution is 8.70. The van der Waals surface area contributed by atoms with Crippen LogP contribution in [0.4, 0.5) is 0 Å². The molecule has 0 aromatic heterocycles. The van der Waals surface area contributed by atoms with Crippen LogP contribution >= 0.6 is 11.1 Å². The molecule has 0 radical (unpaired) electrons. The lowest BCUT2D eigenvalue weighted by Gasteiger charge is -2.04. The van der Waals surface area contributed by atoms with E-state index in [1.807, 2.05) is 37.3 Å². The van der Waals surface area contributed by atoms with Gasteiger partial charge >= 0.3 is 0 Å². The molecule has 0 unspecified atom stereocenters. The lowest BCUT2D eigenvalue weighted by Crippen LogP contribution is -1.97. The Labute approximate surface area is 117 Å². The Kier molecular flexibility index (Phi) is 4.63. The topological polar surface area (TPSA) is 43.4 Å². The molecule has 0 saturated carbocycles. The van der Waals surface area contributed by atoms with Crippen molar-refractivity contribution in [2.75, 3.05) is 0 Å². The number of hydrogen-bond acceptors (Lipinski definition) is 4. The molecule has 0 aliphatic carbocycles. The molecule has 2 rings (SSSR count). The molecule has 0 amide bonds. The van der Waals surface area contributed by atoms with E-state index in [2.05, 4.69) is 0 Å². The summed E-state index contributed by atoms with van der Waals surface area (Å²) in [6.45, 7) is 2.17. The van der Waals surface area contributed by atoms with Crippen molar-refractivity contribution in [1.82, 2.24) is 0 Å². The van der Waals surface area contributed by atoms with Crippen LogP contribution in [-0.4, -0.2) is 8.42 Å². The van der Waals surface area contributed by atoms with E-state index in [9.17, 15) is 8.42 Å². The molecule has 100 valence electrons. The molecule has 0 atom stereocenters. The first kappa shape index (κ1) is 14.1. The molecule has 3 nitrogen and oxygen atoms in total. The highest BCUT2D eigenvalue weighted by Crippen LogP contribution is 2.25. The quantitative estimate of drug-likeness (QED) is 0.625. The first-order valence-electron chi connectivity index (χ1n) is 5.75. The molecular weight excluding hydrogens is 280 g/mol. The summed E-state index contributed by atoms with van der Waals surface area (Å²) in [5.41, 5.74) is 1.96. The van der Waals surface area contributed by atoms with Gasteiger partial charge in [-0.3, -0.25) is 4.18 Å². The number of rotatable bonds is 5. The second-order valence-corrected chi connectivity index (χ2v) is 7.56. The second kappa shape index (κ2) is 6.23. The Morgan fingerprint density at radius 3 is 2.26 bits per heavy atom. The molecule has 2 aromatic rings. The normalized spacial score (nSPS) is 11.4. The molecule has 5 heteroatoms. The van der Waals surface area contributed by atoms with Crippen molar-refractivity contribution in [3.8, 4) is 0 Å². The smallest absolute Gasteiger partial charge is 0.255 e. The summed E-state index contributed by atoms with van der Waals surface area (Å²) in [6, 6.07) is 16.2. The highest BCUT2D eigenvalue weighted by Gasteiger charge is 2.16. The van der Waals surface area contributed by atoms with Gasteiger partial charge in [0, 0.05) is 0 Å². The van der Waals surface area contributed by atoms with Crippen LogP contribution in [0, 0.1) is 6.92 Å². The third kappa shape index (κ3) is 4.09. The fourth-order valence-electron chi connectivity index (χ4n) is 1.47. The van der Waals surface area contributed by atoms with Crippen molar-refractivity contribution in [2.24, 2.45) is 0 Å². The van der Waals surface area contributed by atoms with Gasteiger partial charge in [-0.1, -0.05) is 48.0 Å². The Hall–Kier alpha value is -1.30. The Morgan fingerprint density at radius 2 is 1.63 bits per heavy atom. The molecule has 0 N–H and O–H groups in total. The van der Waals surface area contributed by atoms with Gasteiger partial charge in [0.2, 0.25) is 0 Å². The molecule has 0 fully saturated rings. The minimum atomic E-state index is -3.45. The largest absolute Gasteiger partial charge is 0.296 e. The van der Waals surface area contributed by atoms with Crippen molar-refractivity contribution in [3.05, 3.63) is 65.7 Å². The monoisotopic (exact) mass is 294 g/mol. The average molecular weight is 294 g/mol. The summed E-state index contributed by atoms with van der Waals surface area (Å²) in [6.07, 6.45) is 0. The van der Waals surface area contributed by atoms with Crippen molar-refractivity contribution in [2.45, 2.75) is 18.4 Å². The van der Waals surface area contributed by atoms with Crippen LogP contribution in [0.3, 0.4) is 0 Å². The van der Waals surface area contributed by atoms with Crippen LogP contribution in [0.25, 0.3) is 0 Å². The molecule has 0 heterocycles. The van der Waals surface area contributed by atoms with Crippen LogP contribution in [0.15, 0.2) is 59.5 Å². The number of aryl methyl sites for hydroxylation is 1. The predicted molar refractivity (Wildman–Crippen MR) is 77.2 cm³/mol. The van der Waals surface area contributed by atoms with E-state index in [0.29, 0.717) is 11.1 Å². The van der Waals surface area contributed by atoms with Crippen molar-refractivity contribution in [3.63, 3.8) is 0 Å². The fraction of sp³-hybridized carbons (Fsp3) is 0.143. The summed E-state index contributed by atoms with van der Waals surface area (Å²) in [4.78, 5) is 0.260. The Morgan fingerprint density at radius 1 is 1.00 bits per heavy atom. The van der Waals surface area contributed by atoms with Crippen molar-refractivity contribution in [1.29, 1.82) is 0 Å². The van der Waals surface area contributed by atoms with Crippen molar-refractivity contribution < 1.29 is 12.6 Å². The van der Waals surface area contributed by atoms with E-state index in [4.69, 9.17) is 4.18 Å². The van der Waals surface area contributed by atoms with Crippen LogP contribution in [0.2, 0.25) is 0 Å². The van der Waals surface area contributed by atoms with Gasteiger partial charge < -0.3 is 0 Å². The minimum Gasteiger partial charge on any atom is -0.296 e. The Bertz CT molecular complexity index is 620. The van der Waals surface area contributed by atoms with E-state index in [0.717, 1.165) is 11.1 Å². The third-order valence-corrected chi connectivity index (χ3v) is 5.16. The fourth-order valence-corrected chi connectivity index (χ4v) is 3.43. The maximum absolute atomic E-state index is 12.0. The molecule has 2 aromatic carbocycles. The zero-order valence-corrected chi connectivity index (χ0v) is 12.1. The summed E-state index contributed by atoms with van der Waals surface area (Å²) < 4.78 is 29.1. The molecule has 0 aliphatic heterocycles. The van der Waals surface area contributed by atoms with E-state index < -0.39 is 8.87 Å². The van der Waals surface area contributed by atoms with Gasteiger partial charge in [0.05, 0.1) is 11.5 Å². The van der Waals surface area contributed by atoms with E-state index in [1.165, 1.54) is 0 Å². The van der Waals surface area contributed by atoms with Gasteiger partial charge in [-0.25, -0.2) is 8.42 Å². The first-order chi connectivity index (χ1) is 9.08. The van der Waals surface area contributed by atoms with Crippen LogP contribution in [0.5, 0.6) is 0 Å². The van der Waals surface area contributed by atoms with Crippen LogP contribution in [0.1, 0.15) is 11.1 Å². The molecule has 0 aliphatic rings. The molecular formula is C14H14O3S2. The molecule has 0 bridgehead atoms. The van der Waals surface area contributed by atoms with E-state index >= 15 is 0 Å². The first-order valence-corrected chi connectivity index (χ1v) is 8.49. The lowest BCUT2D eigenvalue weighted by atomic mass is 10.2. The average Bonchev–Trinajstić information content (AvgIpc) is 2.40. The summed E-state index contributed by atoms with van der Waals surface area (Å²) in [5, 5.41) is 0. The van der Waals surface area contributed by atoms with E-state index in [1.54, 1.807) is 24.3 Å². The predicted octanol–water partition coefficient (Wildman–Crippen LogP) is 3.55.